The maximum absolute atomic E-state index is 12.1. The van der Waals surface area contributed by atoms with Gasteiger partial charge < -0.3 is 20.1 Å². The smallest absolute Gasteiger partial charge is 0.239 e. The van der Waals surface area contributed by atoms with Crippen molar-refractivity contribution in [1.29, 1.82) is 0 Å². The van der Waals surface area contributed by atoms with E-state index in [1.54, 1.807) is 24.1 Å². The van der Waals surface area contributed by atoms with E-state index in [4.69, 9.17) is 16.3 Å². The van der Waals surface area contributed by atoms with Gasteiger partial charge in [-0.1, -0.05) is 17.7 Å². The lowest BCUT2D eigenvalue weighted by molar-refractivity contribution is -0.132. The number of amides is 1. The number of hydrogen-bond acceptors (Lipinski definition) is 4. The molecule has 0 spiro atoms. The topological polar surface area (TPSA) is 61.8 Å². The third kappa shape index (κ3) is 5.65. The number of nitrogens with one attached hydrogen (secondary N) is 1. The highest BCUT2D eigenvalue weighted by molar-refractivity contribution is 6.30. The fourth-order valence-corrected chi connectivity index (χ4v) is 2.51. The van der Waals surface area contributed by atoms with Crippen molar-refractivity contribution in [2.24, 2.45) is 0 Å². The molecule has 1 aliphatic heterocycles. The van der Waals surface area contributed by atoms with E-state index in [9.17, 15) is 9.90 Å². The van der Waals surface area contributed by atoms with Crippen LogP contribution in [0, 0.1) is 0 Å². The molecule has 0 aliphatic carbocycles. The van der Waals surface area contributed by atoms with Crippen molar-refractivity contribution < 1.29 is 14.6 Å². The van der Waals surface area contributed by atoms with Gasteiger partial charge in [0, 0.05) is 25.2 Å². The molecule has 2 unspecified atom stereocenters. The van der Waals surface area contributed by atoms with E-state index in [0.717, 1.165) is 12.2 Å². The number of carbonyl (C=O) groups is 1. The number of β-amino-alcohol motifs (C(OH)–C–C–N with tert-alkyl or cyclic N) is 1. The van der Waals surface area contributed by atoms with Crippen molar-refractivity contribution in [2.45, 2.75) is 25.0 Å². The Kier molecular flexibility index (Phi) is 7.96. The molecule has 2 rings (SSSR count). The predicted molar refractivity (Wildman–Crippen MR) is 88.9 cm³/mol. The molecule has 5 nitrogen and oxygen atoms in total. The molecule has 1 heterocycles. The first kappa shape index (κ1) is 19.0. The summed E-state index contributed by atoms with van der Waals surface area (Å²) in [7, 11) is 1.77. The van der Waals surface area contributed by atoms with Gasteiger partial charge in [-0.05, 0) is 31.0 Å². The summed E-state index contributed by atoms with van der Waals surface area (Å²) in [4.78, 5) is 13.8. The highest BCUT2D eigenvalue weighted by Crippen LogP contribution is 2.17. The van der Waals surface area contributed by atoms with Crippen molar-refractivity contribution in [3.05, 3.63) is 29.3 Å². The van der Waals surface area contributed by atoms with Gasteiger partial charge in [-0.25, -0.2) is 0 Å². The number of hydrogen-bond donors (Lipinski definition) is 2. The normalized spacial score (nSPS) is 20.3. The van der Waals surface area contributed by atoms with Crippen LogP contribution in [0.4, 0.5) is 0 Å². The number of halogens is 2. The molecule has 1 fully saturated rings. The van der Waals surface area contributed by atoms with Crippen LogP contribution in [0.5, 0.6) is 5.75 Å². The Labute approximate surface area is 142 Å². The van der Waals surface area contributed by atoms with E-state index < -0.39 is 6.10 Å². The number of aliphatic hydroxyl groups excluding tert-OH is 1. The van der Waals surface area contributed by atoms with Gasteiger partial charge in [-0.3, -0.25) is 4.79 Å². The molecule has 1 saturated heterocycles. The van der Waals surface area contributed by atoms with Gasteiger partial charge in [0.15, 0.2) is 0 Å². The van der Waals surface area contributed by atoms with E-state index in [0.29, 0.717) is 31.1 Å². The number of rotatable bonds is 6. The van der Waals surface area contributed by atoms with E-state index in [2.05, 4.69) is 5.32 Å². The largest absolute Gasteiger partial charge is 0.493 e. The van der Waals surface area contributed by atoms with Gasteiger partial charge in [0.05, 0.1) is 18.8 Å². The zero-order valence-electron chi connectivity index (χ0n) is 12.5. The quantitative estimate of drug-likeness (QED) is 0.768. The first-order chi connectivity index (χ1) is 10.1. The van der Waals surface area contributed by atoms with Crippen LogP contribution >= 0.6 is 24.0 Å². The molecule has 0 bridgehead atoms. The highest BCUT2D eigenvalue weighted by atomic mass is 35.5. The summed E-state index contributed by atoms with van der Waals surface area (Å²) in [5, 5.41) is 13.1. The van der Waals surface area contributed by atoms with Gasteiger partial charge in [-0.15, -0.1) is 12.4 Å². The molecular formula is C15H22Cl2N2O3. The number of aliphatic hydroxyl groups is 1. The van der Waals surface area contributed by atoms with Crippen LogP contribution < -0.4 is 10.1 Å². The van der Waals surface area contributed by atoms with Crippen LogP contribution in [0.25, 0.3) is 0 Å². The minimum atomic E-state index is -0.418. The lowest BCUT2D eigenvalue weighted by Gasteiger charge is -2.21. The van der Waals surface area contributed by atoms with Crippen LogP contribution in [0.15, 0.2) is 24.3 Å². The molecule has 0 saturated carbocycles. The van der Waals surface area contributed by atoms with Crippen LogP contribution in [-0.4, -0.2) is 54.8 Å². The Morgan fingerprint density at radius 2 is 2.32 bits per heavy atom. The number of nitrogens with zero attached hydrogens (tertiary/aromatic N) is 1. The van der Waals surface area contributed by atoms with E-state index in [1.807, 2.05) is 12.1 Å². The van der Waals surface area contributed by atoms with Crippen LogP contribution in [0.2, 0.25) is 5.02 Å². The van der Waals surface area contributed by atoms with E-state index in [1.165, 1.54) is 0 Å². The summed E-state index contributed by atoms with van der Waals surface area (Å²) in [6, 6.07) is 6.98. The zero-order chi connectivity index (χ0) is 15.2. The molecule has 124 valence electrons. The summed E-state index contributed by atoms with van der Waals surface area (Å²) < 4.78 is 5.58. The first-order valence-corrected chi connectivity index (χ1v) is 7.49. The molecule has 1 aromatic rings. The molecule has 22 heavy (non-hydrogen) atoms. The number of ether oxygens (including phenoxy) is 1. The predicted octanol–water partition coefficient (Wildman–Crippen LogP) is 1.71. The Morgan fingerprint density at radius 1 is 1.55 bits per heavy atom. The van der Waals surface area contributed by atoms with Crippen LogP contribution in [-0.2, 0) is 4.79 Å². The minimum absolute atomic E-state index is 0. The summed E-state index contributed by atoms with van der Waals surface area (Å²) in [5.41, 5.74) is 0. The Bertz CT molecular complexity index is 488. The molecular weight excluding hydrogens is 327 g/mol. The third-order valence-corrected chi connectivity index (χ3v) is 3.72. The molecule has 7 heteroatoms. The molecule has 1 amide bonds. The third-order valence-electron chi connectivity index (χ3n) is 3.48. The zero-order valence-corrected chi connectivity index (χ0v) is 14.1. The van der Waals surface area contributed by atoms with E-state index in [-0.39, 0.29) is 24.4 Å². The second-order valence-electron chi connectivity index (χ2n) is 5.27. The maximum atomic E-state index is 12.1. The second kappa shape index (κ2) is 9.20. The van der Waals surface area contributed by atoms with Crippen LogP contribution in [0.1, 0.15) is 12.8 Å². The number of likely N-dealkylation sites (N-methyl/N-ethyl adjacent to an activating group) is 1. The Morgan fingerprint density at radius 3 is 2.95 bits per heavy atom. The Balaban J connectivity index is 0.00000242. The highest BCUT2D eigenvalue weighted by Gasteiger charge is 2.29. The lowest BCUT2D eigenvalue weighted by atomic mass is 10.2. The SMILES string of the molecule is CN(CCCOc1cccc(Cl)c1)C(=O)C1CC(O)CN1.Cl. The lowest BCUT2D eigenvalue weighted by Crippen LogP contribution is -2.42. The maximum Gasteiger partial charge on any atom is 0.239 e. The molecule has 2 N–H and O–H groups in total. The van der Waals surface area contributed by atoms with E-state index >= 15 is 0 Å². The van der Waals surface area contributed by atoms with Crippen molar-refractivity contribution in [1.82, 2.24) is 10.2 Å². The van der Waals surface area contributed by atoms with Gasteiger partial charge in [-0.2, -0.15) is 0 Å². The standard InChI is InChI=1S/C15H21ClN2O3.ClH/c1-18(15(20)14-9-12(19)10-17-14)6-3-7-21-13-5-2-4-11(16)8-13;/h2,4-5,8,12,14,17,19H,3,6-7,9-10H2,1H3;1H. The number of carbonyl (C=O) groups excluding carboxylic acids is 1. The average Bonchev–Trinajstić information content (AvgIpc) is 2.89. The Hall–Kier alpha value is -1.01. The monoisotopic (exact) mass is 348 g/mol. The molecule has 1 aromatic carbocycles. The molecule has 0 aromatic heterocycles. The number of benzene rings is 1. The second-order valence-corrected chi connectivity index (χ2v) is 5.71. The van der Waals surface area contributed by atoms with Gasteiger partial charge in [0.25, 0.3) is 0 Å². The molecule has 0 radical (unpaired) electrons. The fraction of sp³-hybridized carbons (Fsp3) is 0.533. The first-order valence-electron chi connectivity index (χ1n) is 7.11. The van der Waals surface area contributed by atoms with Crippen molar-refractivity contribution >= 4 is 29.9 Å². The fourth-order valence-electron chi connectivity index (χ4n) is 2.33. The van der Waals surface area contributed by atoms with Gasteiger partial charge >= 0.3 is 0 Å². The van der Waals surface area contributed by atoms with Gasteiger partial charge in [0.2, 0.25) is 5.91 Å². The van der Waals surface area contributed by atoms with Crippen molar-refractivity contribution in [2.75, 3.05) is 26.7 Å². The minimum Gasteiger partial charge on any atom is -0.493 e. The summed E-state index contributed by atoms with van der Waals surface area (Å²) >= 11 is 5.87. The summed E-state index contributed by atoms with van der Waals surface area (Å²) in [5.74, 6) is 0.756. The average molecular weight is 349 g/mol. The van der Waals surface area contributed by atoms with Crippen molar-refractivity contribution in [3.8, 4) is 5.75 Å². The summed E-state index contributed by atoms with van der Waals surface area (Å²) in [6.45, 7) is 1.63. The van der Waals surface area contributed by atoms with Gasteiger partial charge in [0.1, 0.15) is 5.75 Å². The summed E-state index contributed by atoms with van der Waals surface area (Å²) in [6.07, 6.45) is 0.810. The molecule has 1 aliphatic rings. The van der Waals surface area contributed by atoms with Crippen molar-refractivity contribution in [3.63, 3.8) is 0 Å². The molecule has 2 atom stereocenters. The van der Waals surface area contributed by atoms with Crippen LogP contribution in [0.3, 0.4) is 0 Å².